The Morgan fingerprint density at radius 3 is 2.96 bits per heavy atom. The first-order chi connectivity index (χ1) is 12.7. The lowest BCUT2D eigenvalue weighted by molar-refractivity contribution is 0.103. The zero-order valence-electron chi connectivity index (χ0n) is 14.4. The molecule has 2 aliphatic rings. The number of aromatic amines is 2. The van der Waals surface area contributed by atoms with Crippen molar-refractivity contribution in [1.82, 2.24) is 9.97 Å². The second-order valence-corrected chi connectivity index (χ2v) is 6.32. The van der Waals surface area contributed by atoms with Crippen LogP contribution >= 0.6 is 0 Å². The van der Waals surface area contributed by atoms with Gasteiger partial charge < -0.3 is 20.4 Å². The van der Waals surface area contributed by atoms with E-state index in [9.17, 15) is 4.79 Å². The van der Waals surface area contributed by atoms with Gasteiger partial charge in [0.1, 0.15) is 5.76 Å². The normalized spacial score (nSPS) is 15.0. The van der Waals surface area contributed by atoms with Crippen LogP contribution in [0.15, 0.2) is 36.1 Å². The van der Waals surface area contributed by atoms with E-state index in [1.54, 1.807) is 0 Å². The van der Waals surface area contributed by atoms with E-state index < -0.39 is 0 Å². The lowest BCUT2D eigenvalue weighted by atomic mass is 10.1. The van der Waals surface area contributed by atoms with Crippen molar-refractivity contribution in [3.05, 3.63) is 69.3 Å². The van der Waals surface area contributed by atoms with E-state index in [4.69, 9.17) is 10.5 Å². The molecule has 0 unspecified atom stereocenters. The highest BCUT2D eigenvalue weighted by atomic mass is 16.5. The number of nitrogens with one attached hydrogen (secondary N) is 2. The molecule has 0 fully saturated rings. The Morgan fingerprint density at radius 1 is 1.19 bits per heavy atom. The molecule has 0 amide bonds. The highest BCUT2D eigenvalue weighted by molar-refractivity contribution is 6.07. The third-order valence-corrected chi connectivity index (χ3v) is 4.45. The van der Waals surface area contributed by atoms with Crippen molar-refractivity contribution in [3.63, 3.8) is 0 Å². The van der Waals surface area contributed by atoms with Crippen LogP contribution in [0.25, 0.3) is 24.3 Å². The second-order valence-electron chi connectivity index (χ2n) is 6.32. The lowest BCUT2D eigenvalue weighted by Crippen LogP contribution is -2.20. The molecule has 2 aliphatic carbocycles. The number of aromatic nitrogens is 2. The minimum atomic E-state index is -0.0526. The highest BCUT2D eigenvalue weighted by Gasteiger charge is 2.17. The summed E-state index contributed by atoms with van der Waals surface area (Å²) in [4.78, 5) is 19.4. The predicted octanol–water partition coefficient (Wildman–Crippen LogP) is 1.83. The van der Waals surface area contributed by atoms with Gasteiger partial charge in [-0.15, -0.1) is 0 Å². The van der Waals surface area contributed by atoms with Gasteiger partial charge in [-0.05, 0) is 42.0 Å². The van der Waals surface area contributed by atoms with E-state index >= 15 is 0 Å². The Bertz CT molecular complexity index is 1050. The monoisotopic (exact) mass is 347 g/mol. The average Bonchev–Trinajstić information content (AvgIpc) is 3.10. The highest BCUT2D eigenvalue weighted by Crippen LogP contribution is 2.23. The molecule has 0 aliphatic heterocycles. The number of H-pyrrole nitrogens is 2. The Labute approximate surface area is 151 Å². The molecule has 0 spiro atoms. The number of carbonyl (C=O) groups excluding carboxylic acids is 1. The van der Waals surface area contributed by atoms with Crippen LogP contribution in [0.5, 0.6) is 0 Å². The lowest BCUT2D eigenvalue weighted by Gasteiger charge is -2.05. The molecule has 132 valence electrons. The quantitative estimate of drug-likeness (QED) is 0.722. The van der Waals surface area contributed by atoms with Gasteiger partial charge in [0.15, 0.2) is 0 Å². The van der Waals surface area contributed by atoms with Crippen LogP contribution < -0.4 is 16.3 Å². The molecular weight excluding hydrogens is 326 g/mol. The predicted molar refractivity (Wildman–Crippen MR) is 104 cm³/mol. The zero-order chi connectivity index (χ0) is 17.9. The summed E-state index contributed by atoms with van der Waals surface area (Å²) in [7, 11) is 0. The third kappa shape index (κ3) is 3.21. The summed E-state index contributed by atoms with van der Waals surface area (Å²) < 4.78 is 5.66. The number of ketones is 1. The number of rotatable bonds is 5. The van der Waals surface area contributed by atoms with E-state index in [0.29, 0.717) is 31.0 Å². The van der Waals surface area contributed by atoms with E-state index in [1.807, 2.05) is 42.5 Å². The van der Waals surface area contributed by atoms with Gasteiger partial charge in [-0.3, -0.25) is 4.79 Å². The van der Waals surface area contributed by atoms with Crippen molar-refractivity contribution in [3.8, 4) is 0 Å². The smallest absolute Gasteiger partial charge is 0.225 e. The first kappa shape index (κ1) is 16.4. The number of nitrogens with two attached hydrogens (primary N) is 1. The van der Waals surface area contributed by atoms with Crippen LogP contribution in [-0.2, 0) is 4.74 Å². The third-order valence-electron chi connectivity index (χ3n) is 4.45. The van der Waals surface area contributed by atoms with Gasteiger partial charge >= 0.3 is 0 Å². The molecular formula is C21H21N3O2. The van der Waals surface area contributed by atoms with Crippen molar-refractivity contribution >= 4 is 30.1 Å². The van der Waals surface area contributed by atoms with Crippen molar-refractivity contribution in [2.45, 2.75) is 12.8 Å². The van der Waals surface area contributed by atoms with Gasteiger partial charge in [0, 0.05) is 29.6 Å². The van der Waals surface area contributed by atoms with Crippen LogP contribution in [0.3, 0.4) is 0 Å². The average molecular weight is 347 g/mol. The number of fused-ring (bicyclic) bond motifs is 2. The summed E-state index contributed by atoms with van der Waals surface area (Å²) in [6.45, 7) is 0.964. The van der Waals surface area contributed by atoms with Crippen LogP contribution in [0.4, 0.5) is 0 Å². The maximum atomic E-state index is 12.9. The molecule has 2 heterocycles. The molecule has 5 heteroatoms. The molecule has 5 nitrogen and oxygen atoms in total. The van der Waals surface area contributed by atoms with Gasteiger partial charge in [0.05, 0.1) is 18.0 Å². The molecule has 2 aromatic rings. The van der Waals surface area contributed by atoms with Crippen molar-refractivity contribution < 1.29 is 9.53 Å². The van der Waals surface area contributed by atoms with E-state index in [1.165, 1.54) is 0 Å². The first-order valence-electron chi connectivity index (χ1n) is 8.78. The second kappa shape index (κ2) is 7.06. The van der Waals surface area contributed by atoms with Gasteiger partial charge in [-0.2, -0.15) is 0 Å². The van der Waals surface area contributed by atoms with Crippen molar-refractivity contribution in [2.24, 2.45) is 5.73 Å². The minimum absolute atomic E-state index is 0.0526. The summed E-state index contributed by atoms with van der Waals surface area (Å²) in [5, 5.41) is 2.02. The molecule has 0 aromatic carbocycles. The van der Waals surface area contributed by atoms with Crippen LogP contribution in [0, 0.1) is 0 Å². The molecule has 0 atom stereocenters. The maximum Gasteiger partial charge on any atom is 0.225 e. The molecule has 4 N–H and O–H groups in total. The molecule has 0 radical (unpaired) electrons. The van der Waals surface area contributed by atoms with Gasteiger partial charge in [0.25, 0.3) is 0 Å². The maximum absolute atomic E-state index is 12.9. The van der Waals surface area contributed by atoms with Crippen molar-refractivity contribution in [2.75, 3.05) is 13.2 Å². The fraction of sp³-hybridized carbons (Fsp3) is 0.190. The first-order valence-corrected chi connectivity index (χ1v) is 8.78. The van der Waals surface area contributed by atoms with E-state index in [0.717, 1.165) is 34.0 Å². The topological polar surface area (TPSA) is 83.9 Å². The SMILES string of the molecule is NCCOC1=Cc2cc(C(=O)c3cc4c([nH]3)=CC=CCC=4)[nH]c2C=CC1. The van der Waals surface area contributed by atoms with Gasteiger partial charge in [-0.25, -0.2) is 0 Å². The Kier molecular flexibility index (Phi) is 4.46. The van der Waals surface area contributed by atoms with Crippen LogP contribution in [-0.4, -0.2) is 28.9 Å². The number of hydrogen-bond acceptors (Lipinski definition) is 3. The summed E-state index contributed by atoms with van der Waals surface area (Å²) in [6.07, 6.45) is 15.7. The number of carbonyl (C=O) groups is 1. The van der Waals surface area contributed by atoms with Crippen molar-refractivity contribution in [1.29, 1.82) is 0 Å². The van der Waals surface area contributed by atoms with Crippen LogP contribution in [0.2, 0.25) is 0 Å². The molecule has 4 rings (SSSR count). The zero-order valence-corrected chi connectivity index (χ0v) is 14.4. The summed E-state index contributed by atoms with van der Waals surface area (Å²) in [5.41, 5.74) is 8.51. The van der Waals surface area contributed by atoms with Crippen LogP contribution in [0.1, 0.15) is 40.3 Å². The minimum Gasteiger partial charge on any atom is -0.496 e. The van der Waals surface area contributed by atoms with Gasteiger partial charge in [0.2, 0.25) is 5.78 Å². The Hall–Kier alpha value is -3.05. The number of allylic oxidation sites excluding steroid dienone is 3. The summed E-state index contributed by atoms with van der Waals surface area (Å²) >= 11 is 0. The summed E-state index contributed by atoms with van der Waals surface area (Å²) in [5.74, 6) is 0.800. The van der Waals surface area contributed by atoms with Gasteiger partial charge in [-0.1, -0.05) is 24.3 Å². The largest absolute Gasteiger partial charge is 0.496 e. The standard InChI is InChI=1S/C21H21N3O2/c22-9-10-26-16-6-4-8-18-15(11-16)13-20(24-18)21(25)19-12-14-5-2-1-3-7-17(14)23-19/h1,3-5,7-8,11-13,23-24H,2,6,9-10,22H2. The molecule has 0 saturated heterocycles. The fourth-order valence-corrected chi connectivity index (χ4v) is 3.18. The molecule has 26 heavy (non-hydrogen) atoms. The molecule has 0 saturated carbocycles. The molecule has 2 aromatic heterocycles. The van der Waals surface area contributed by atoms with E-state index in [2.05, 4.69) is 22.1 Å². The Balaban J connectivity index is 1.66. The van der Waals surface area contributed by atoms with E-state index in [-0.39, 0.29) is 5.78 Å². The number of ether oxygens (including phenoxy) is 1. The summed E-state index contributed by atoms with van der Waals surface area (Å²) in [6, 6.07) is 3.78. The Morgan fingerprint density at radius 2 is 2.08 bits per heavy atom. The fourth-order valence-electron chi connectivity index (χ4n) is 3.18. The molecule has 0 bridgehead atoms. The number of hydrogen-bond donors (Lipinski definition) is 3.